The van der Waals surface area contributed by atoms with Crippen LogP contribution < -0.4 is 4.72 Å². The molecule has 0 aliphatic heterocycles. The number of rotatable bonds is 5. The molecule has 0 fully saturated rings. The van der Waals surface area contributed by atoms with E-state index >= 15 is 0 Å². The number of nitriles is 1. The van der Waals surface area contributed by atoms with Gasteiger partial charge in [0.2, 0.25) is 0 Å². The zero-order valence-electron chi connectivity index (χ0n) is 13.9. The number of nitrogens with zero attached hydrogens (tertiary/aromatic N) is 2. The standard InChI is InChI=1S/C16H16BrN5O3S/c1-15(2,23)16(17,22-26(24,25)13-8-19-9-21-13)12-5-3-4-11-10(6-18)7-20-14(11)12/h3-5,7-9,20,22-23H,1-2H3,(H,19,21). The molecule has 8 nitrogen and oxygen atoms in total. The molecule has 2 heterocycles. The fourth-order valence-corrected chi connectivity index (χ4v) is 4.89. The average Bonchev–Trinajstić information content (AvgIpc) is 3.22. The molecule has 0 spiro atoms. The van der Waals surface area contributed by atoms with Gasteiger partial charge in [0.05, 0.1) is 29.2 Å². The number of para-hydroxylation sites is 1. The summed E-state index contributed by atoms with van der Waals surface area (Å²) in [5.41, 5.74) is -0.155. The number of aromatic amines is 2. The lowest BCUT2D eigenvalue weighted by Crippen LogP contribution is -2.55. The Balaban J connectivity index is 2.22. The van der Waals surface area contributed by atoms with Gasteiger partial charge in [0.25, 0.3) is 10.0 Å². The third-order valence-electron chi connectivity index (χ3n) is 4.09. The summed E-state index contributed by atoms with van der Waals surface area (Å²) >= 11 is 3.41. The van der Waals surface area contributed by atoms with Crippen molar-refractivity contribution >= 4 is 36.9 Å². The molecule has 1 atom stereocenters. The van der Waals surface area contributed by atoms with Crippen molar-refractivity contribution in [1.82, 2.24) is 19.7 Å². The third-order valence-corrected chi connectivity index (χ3v) is 7.32. The molecule has 136 valence electrons. The van der Waals surface area contributed by atoms with Gasteiger partial charge in [0.1, 0.15) is 10.5 Å². The quantitative estimate of drug-likeness (QED) is 0.357. The van der Waals surface area contributed by atoms with Crippen molar-refractivity contribution in [3.05, 3.63) is 48.0 Å². The number of halogens is 1. The van der Waals surface area contributed by atoms with Gasteiger partial charge in [0, 0.05) is 17.1 Å². The van der Waals surface area contributed by atoms with E-state index in [1.807, 2.05) is 0 Å². The molecule has 0 radical (unpaired) electrons. The van der Waals surface area contributed by atoms with Crippen LogP contribution in [0.3, 0.4) is 0 Å². The van der Waals surface area contributed by atoms with E-state index in [1.165, 1.54) is 32.6 Å². The predicted molar refractivity (Wildman–Crippen MR) is 98.8 cm³/mol. The lowest BCUT2D eigenvalue weighted by Gasteiger charge is -2.39. The molecule has 0 aliphatic rings. The summed E-state index contributed by atoms with van der Waals surface area (Å²) in [7, 11) is -4.03. The number of alkyl halides is 1. The zero-order chi connectivity index (χ0) is 19.2. The van der Waals surface area contributed by atoms with E-state index in [2.05, 4.69) is 41.7 Å². The Hall–Kier alpha value is -2.19. The fourth-order valence-electron chi connectivity index (χ4n) is 2.67. The zero-order valence-corrected chi connectivity index (χ0v) is 16.3. The molecule has 1 unspecified atom stereocenters. The summed E-state index contributed by atoms with van der Waals surface area (Å²) in [4.78, 5) is 9.25. The number of sulfonamides is 1. The van der Waals surface area contributed by atoms with Crippen LogP contribution in [0.4, 0.5) is 0 Å². The normalized spacial score (nSPS) is 14.9. The lowest BCUT2D eigenvalue weighted by atomic mass is 9.91. The number of hydrogen-bond acceptors (Lipinski definition) is 5. The monoisotopic (exact) mass is 437 g/mol. The SMILES string of the molecule is CC(C)(O)C(Br)(NS(=O)(=O)c1cnc[nH]1)c1cccc2c(C#N)c[nH]c12. The maximum atomic E-state index is 12.7. The second-order valence-corrected chi connectivity index (χ2v) is 9.12. The van der Waals surface area contributed by atoms with E-state index in [9.17, 15) is 18.8 Å². The van der Waals surface area contributed by atoms with Crippen molar-refractivity contribution in [2.45, 2.75) is 28.9 Å². The van der Waals surface area contributed by atoms with E-state index in [4.69, 9.17) is 0 Å². The van der Waals surface area contributed by atoms with Gasteiger partial charge in [-0.05, 0) is 13.8 Å². The largest absolute Gasteiger partial charge is 0.387 e. The van der Waals surface area contributed by atoms with Gasteiger partial charge in [-0.25, -0.2) is 13.4 Å². The molecule has 1 aromatic carbocycles. The van der Waals surface area contributed by atoms with Crippen LogP contribution in [0.25, 0.3) is 10.9 Å². The highest BCUT2D eigenvalue weighted by Crippen LogP contribution is 2.43. The van der Waals surface area contributed by atoms with Gasteiger partial charge in [-0.15, -0.1) is 0 Å². The Morgan fingerprint density at radius 1 is 1.35 bits per heavy atom. The van der Waals surface area contributed by atoms with Crippen LogP contribution in [0.15, 0.2) is 41.9 Å². The number of benzene rings is 1. The molecule has 26 heavy (non-hydrogen) atoms. The van der Waals surface area contributed by atoms with Crippen LogP contribution in [0.2, 0.25) is 0 Å². The van der Waals surface area contributed by atoms with Gasteiger partial charge in [-0.2, -0.15) is 9.98 Å². The second-order valence-electron chi connectivity index (χ2n) is 6.28. The Kier molecular flexibility index (Phi) is 4.44. The molecular weight excluding hydrogens is 422 g/mol. The lowest BCUT2D eigenvalue weighted by molar-refractivity contribution is 0.0333. The number of H-pyrrole nitrogens is 2. The molecule has 4 N–H and O–H groups in total. The minimum Gasteiger partial charge on any atom is -0.387 e. The van der Waals surface area contributed by atoms with Crippen LogP contribution in [-0.2, 0) is 14.5 Å². The summed E-state index contributed by atoms with van der Waals surface area (Å²) in [6.45, 7) is 2.95. The van der Waals surface area contributed by atoms with Crippen molar-refractivity contribution < 1.29 is 13.5 Å². The summed E-state index contributed by atoms with van der Waals surface area (Å²) < 4.78 is 26.4. The molecular formula is C16H16BrN5O3S. The van der Waals surface area contributed by atoms with Gasteiger partial charge in [-0.1, -0.05) is 34.1 Å². The molecule has 10 heteroatoms. The highest BCUT2D eigenvalue weighted by Gasteiger charge is 2.48. The first-order chi connectivity index (χ1) is 12.1. The summed E-state index contributed by atoms with van der Waals surface area (Å²) in [6, 6.07) is 7.18. The molecule has 0 aliphatic carbocycles. The first-order valence-electron chi connectivity index (χ1n) is 7.54. The van der Waals surface area contributed by atoms with Crippen molar-refractivity contribution in [3.8, 4) is 6.07 Å². The Morgan fingerprint density at radius 3 is 2.65 bits per heavy atom. The van der Waals surface area contributed by atoms with Crippen LogP contribution in [-0.4, -0.2) is 34.1 Å². The highest BCUT2D eigenvalue weighted by molar-refractivity contribution is 9.09. The summed E-state index contributed by atoms with van der Waals surface area (Å²) in [6.07, 6.45) is 3.96. The minimum atomic E-state index is -4.03. The number of nitrogens with one attached hydrogen (secondary N) is 3. The Labute approximate surface area is 158 Å². The molecule has 0 saturated carbocycles. The third kappa shape index (κ3) is 2.93. The Bertz CT molecular complexity index is 1090. The topological polar surface area (TPSA) is 135 Å². The summed E-state index contributed by atoms with van der Waals surface area (Å²) in [5.74, 6) is 0. The van der Waals surface area contributed by atoms with Gasteiger partial charge >= 0.3 is 0 Å². The van der Waals surface area contributed by atoms with Crippen LogP contribution in [0.1, 0.15) is 25.0 Å². The van der Waals surface area contributed by atoms with Crippen molar-refractivity contribution in [1.29, 1.82) is 5.26 Å². The van der Waals surface area contributed by atoms with Crippen LogP contribution in [0.5, 0.6) is 0 Å². The van der Waals surface area contributed by atoms with Gasteiger partial charge in [0.15, 0.2) is 5.03 Å². The highest BCUT2D eigenvalue weighted by atomic mass is 79.9. The average molecular weight is 438 g/mol. The summed E-state index contributed by atoms with van der Waals surface area (Å²) in [5, 5.41) is 20.5. The first kappa shape index (κ1) is 18.6. The fraction of sp³-hybridized carbons (Fsp3) is 0.250. The number of aliphatic hydroxyl groups is 1. The van der Waals surface area contributed by atoms with Crippen molar-refractivity contribution in [2.24, 2.45) is 0 Å². The molecule has 0 saturated heterocycles. The predicted octanol–water partition coefficient (Wildman–Crippen LogP) is 2.06. The molecule has 3 rings (SSSR count). The number of hydrogen-bond donors (Lipinski definition) is 4. The van der Waals surface area contributed by atoms with Crippen molar-refractivity contribution in [3.63, 3.8) is 0 Å². The van der Waals surface area contributed by atoms with E-state index in [0.717, 1.165) is 0 Å². The maximum Gasteiger partial charge on any atom is 0.259 e. The second kappa shape index (κ2) is 6.21. The number of fused-ring (bicyclic) bond motifs is 1. The van der Waals surface area contributed by atoms with E-state index in [0.29, 0.717) is 22.0 Å². The number of aromatic nitrogens is 3. The first-order valence-corrected chi connectivity index (χ1v) is 9.82. The van der Waals surface area contributed by atoms with Crippen LogP contribution in [0, 0.1) is 11.3 Å². The molecule has 2 aromatic heterocycles. The van der Waals surface area contributed by atoms with Crippen LogP contribution >= 0.6 is 15.9 Å². The van der Waals surface area contributed by atoms with E-state index in [1.54, 1.807) is 18.2 Å². The molecule has 0 bridgehead atoms. The van der Waals surface area contributed by atoms with Gasteiger partial charge in [-0.3, -0.25) is 0 Å². The van der Waals surface area contributed by atoms with E-state index < -0.39 is 20.1 Å². The molecule has 3 aromatic rings. The smallest absolute Gasteiger partial charge is 0.259 e. The van der Waals surface area contributed by atoms with Gasteiger partial charge < -0.3 is 15.1 Å². The maximum absolute atomic E-state index is 12.7. The van der Waals surface area contributed by atoms with Crippen molar-refractivity contribution in [2.75, 3.05) is 0 Å². The minimum absolute atomic E-state index is 0.137. The Morgan fingerprint density at radius 2 is 2.08 bits per heavy atom. The van der Waals surface area contributed by atoms with E-state index in [-0.39, 0.29) is 5.03 Å². The number of imidazole rings is 1. The molecule has 0 amide bonds.